The first-order chi connectivity index (χ1) is 9.20. The maximum Gasteiger partial charge on any atom is 0.335 e. The molecule has 4 nitrogen and oxygen atoms in total. The number of aryl methyl sites for hydroxylation is 1. The van der Waals surface area contributed by atoms with Crippen LogP contribution < -0.4 is 0 Å². The molecule has 0 atom stereocenters. The monoisotopic (exact) mass is 258 g/mol. The number of aromatic nitrogens is 2. The van der Waals surface area contributed by atoms with E-state index in [2.05, 4.69) is 11.5 Å². The number of nitrogens with zero attached hydrogens (tertiary/aromatic N) is 2. The van der Waals surface area contributed by atoms with Crippen molar-refractivity contribution >= 4 is 17.0 Å². The molecular formula is C15H18N2O2. The Labute approximate surface area is 112 Å². The van der Waals surface area contributed by atoms with Crippen LogP contribution in [0.1, 0.15) is 54.7 Å². The van der Waals surface area contributed by atoms with E-state index in [9.17, 15) is 4.79 Å². The maximum absolute atomic E-state index is 11.0. The predicted molar refractivity (Wildman–Crippen MR) is 73.6 cm³/mol. The van der Waals surface area contributed by atoms with Crippen molar-refractivity contribution in [1.29, 1.82) is 0 Å². The van der Waals surface area contributed by atoms with E-state index < -0.39 is 5.97 Å². The van der Waals surface area contributed by atoms with Crippen molar-refractivity contribution in [3.63, 3.8) is 0 Å². The Kier molecular flexibility index (Phi) is 3.01. The highest BCUT2D eigenvalue weighted by molar-refractivity contribution is 5.92. The third kappa shape index (κ3) is 2.01. The van der Waals surface area contributed by atoms with Gasteiger partial charge in [0.2, 0.25) is 0 Å². The summed E-state index contributed by atoms with van der Waals surface area (Å²) in [4.78, 5) is 15.7. The van der Waals surface area contributed by atoms with Crippen molar-refractivity contribution in [1.82, 2.24) is 9.55 Å². The molecule has 3 rings (SSSR count). The van der Waals surface area contributed by atoms with Gasteiger partial charge in [0.1, 0.15) is 5.82 Å². The van der Waals surface area contributed by atoms with E-state index in [0.29, 0.717) is 11.5 Å². The molecule has 0 aliphatic heterocycles. The summed E-state index contributed by atoms with van der Waals surface area (Å²) in [5.74, 6) is 0.815. The molecule has 0 radical (unpaired) electrons. The van der Waals surface area contributed by atoms with Gasteiger partial charge < -0.3 is 9.67 Å². The predicted octanol–water partition coefficient (Wildman–Crippen LogP) is 3.41. The van der Waals surface area contributed by atoms with Gasteiger partial charge in [-0.15, -0.1) is 0 Å². The summed E-state index contributed by atoms with van der Waals surface area (Å²) in [6, 6.07) is 5.25. The third-order valence-electron chi connectivity index (χ3n) is 3.94. The number of carbonyl (C=O) groups is 1. The minimum absolute atomic E-state index is 0.314. The number of carboxylic acid groups (broad SMARTS) is 1. The van der Waals surface area contributed by atoms with Crippen molar-refractivity contribution < 1.29 is 9.90 Å². The fourth-order valence-corrected chi connectivity index (χ4v) is 2.72. The lowest BCUT2D eigenvalue weighted by molar-refractivity contribution is 0.0697. The molecule has 0 unspecified atom stereocenters. The molecule has 19 heavy (non-hydrogen) atoms. The zero-order valence-corrected chi connectivity index (χ0v) is 11.1. The van der Waals surface area contributed by atoms with Gasteiger partial charge in [-0.2, -0.15) is 0 Å². The van der Waals surface area contributed by atoms with Crippen LogP contribution >= 0.6 is 0 Å². The van der Waals surface area contributed by atoms with Crippen LogP contribution in [0.15, 0.2) is 18.2 Å². The number of aromatic carboxylic acids is 1. The maximum atomic E-state index is 11.0. The minimum atomic E-state index is -0.892. The van der Waals surface area contributed by atoms with Crippen molar-refractivity contribution in [2.75, 3.05) is 0 Å². The Hall–Kier alpha value is -1.84. The summed E-state index contributed by atoms with van der Waals surface area (Å²) in [5, 5.41) is 9.06. The first-order valence-corrected chi connectivity index (χ1v) is 6.94. The van der Waals surface area contributed by atoms with Gasteiger partial charge in [0.25, 0.3) is 0 Å². The molecule has 1 aliphatic carbocycles. The van der Waals surface area contributed by atoms with Crippen LogP contribution in [0.4, 0.5) is 0 Å². The highest BCUT2D eigenvalue weighted by Gasteiger charge is 2.25. The van der Waals surface area contributed by atoms with Gasteiger partial charge in [-0.05, 0) is 37.5 Å². The van der Waals surface area contributed by atoms with Crippen LogP contribution in [0.5, 0.6) is 0 Å². The third-order valence-corrected chi connectivity index (χ3v) is 3.94. The zero-order valence-electron chi connectivity index (χ0n) is 11.1. The average molecular weight is 258 g/mol. The van der Waals surface area contributed by atoms with Crippen molar-refractivity contribution in [2.45, 2.75) is 45.1 Å². The summed E-state index contributed by atoms with van der Waals surface area (Å²) in [7, 11) is 0. The molecule has 0 bridgehead atoms. The summed E-state index contributed by atoms with van der Waals surface area (Å²) >= 11 is 0. The molecule has 100 valence electrons. The van der Waals surface area contributed by atoms with Gasteiger partial charge in [0, 0.05) is 12.5 Å². The van der Waals surface area contributed by atoms with E-state index in [1.54, 1.807) is 12.1 Å². The van der Waals surface area contributed by atoms with E-state index in [1.165, 1.54) is 19.3 Å². The first-order valence-electron chi connectivity index (χ1n) is 6.94. The van der Waals surface area contributed by atoms with Gasteiger partial charge in [-0.25, -0.2) is 9.78 Å². The number of benzene rings is 1. The standard InChI is InChI=1S/C15H18N2O2/c1-2-8-17-13-7-6-11(15(18)19)9-12(13)16-14(17)10-4-3-5-10/h6-7,9-10H,2-5,8H2,1H3,(H,18,19). The van der Waals surface area contributed by atoms with Crippen LogP contribution in [0.25, 0.3) is 11.0 Å². The molecule has 1 aromatic carbocycles. The molecule has 2 aromatic rings. The second-order valence-corrected chi connectivity index (χ2v) is 5.26. The lowest BCUT2D eigenvalue weighted by Crippen LogP contribution is -2.15. The highest BCUT2D eigenvalue weighted by atomic mass is 16.4. The Balaban J connectivity index is 2.13. The number of carboxylic acids is 1. The van der Waals surface area contributed by atoms with Gasteiger partial charge >= 0.3 is 5.97 Å². The number of imidazole rings is 1. The topological polar surface area (TPSA) is 55.1 Å². The smallest absolute Gasteiger partial charge is 0.335 e. The van der Waals surface area contributed by atoms with E-state index in [1.807, 2.05) is 6.07 Å². The van der Waals surface area contributed by atoms with E-state index in [0.717, 1.165) is 29.8 Å². The zero-order chi connectivity index (χ0) is 13.4. The summed E-state index contributed by atoms with van der Waals surface area (Å²) in [6.07, 6.45) is 4.75. The first kappa shape index (κ1) is 12.2. The van der Waals surface area contributed by atoms with Crippen LogP contribution in [0.3, 0.4) is 0 Å². The summed E-state index contributed by atoms with van der Waals surface area (Å²) in [6.45, 7) is 3.11. The van der Waals surface area contributed by atoms with Gasteiger partial charge in [0.15, 0.2) is 0 Å². The van der Waals surface area contributed by atoms with Gasteiger partial charge in [0.05, 0.1) is 16.6 Å². The quantitative estimate of drug-likeness (QED) is 0.914. The van der Waals surface area contributed by atoms with Crippen LogP contribution in [-0.2, 0) is 6.54 Å². The Morgan fingerprint density at radius 3 is 2.84 bits per heavy atom. The van der Waals surface area contributed by atoms with Crippen molar-refractivity contribution in [3.05, 3.63) is 29.6 Å². The van der Waals surface area contributed by atoms with E-state index in [-0.39, 0.29) is 0 Å². The van der Waals surface area contributed by atoms with Crippen molar-refractivity contribution in [3.8, 4) is 0 Å². The molecule has 1 aromatic heterocycles. The highest BCUT2D eigenvalue weighted by Crippen LogP contribution is 2.37. The lowest BCUT2D eigenvalue weighted by atomic mass is 9.85. The molecule has 1 fully saturated rings. The Bertz CT molecular complexity index is 626. The molecule has 1 N–H and O–H groups in total. The number of rotatable bonds is 4. The molecule has 0 spiro atoms. The second-order valence-electron chi connectivity index (χ2n) is 5.26. The minimum Gasteiger partial charge on any atom is -0.478 e. The molecule has 4 heteroatoms. The van der Waals surface area contributed by atoms with Crippen LogP contribution in [0, 0.1) is 0 Å². The normalized spacial score (nSPS) is 15.6. The molecule has 0 amide bonds. The average Bonchev–Trinajstić information content (AvgIpc) is 2.65. The fraction of sp³-hybridized carbons (Fsp3) is 0.467. The SMILES string of the molecule is CCCn1c(C2CCC2)nc2cc(C(=O)O)ccc21. The second kappa shape index (κ2) is 4.68. The van der Waals surface area contributed by atoms with Gasteiger partial charge in [-0.1, -0.05) is 13.3 Å². The van der Waals surface area contributed by atoms with Crippen LogP contribution in [0.2, 0.25) is 0 Å². The largest absolute Gasteiger partial charge is 0.478 e. The Morgan fingerprint density at radius 2 is 2.26 bits per heavy atom. The lowest BCUT2D eigenvalue weighted by Gasteiger charge is -2.25. The van der Waals surface area contributed by atoms with E-state index in [4.69, 9.17) is 10.1 Å². The summed E-state index contributed by atoms with van der Waals surface area (Å²) < 4.78 is 2.27. The number of hydrogen-bond donors (Lipinski definition) is 1. The molecular weight excluding hydrogens is 240 g/mol. The number of fused-ring (bicyclic) bond motifs is 1. The van der Waals surface area contributed by atoms with E-state index >= 15 is 0 Å². The molecule has 0 saturated heterocycles. The number of hydrogen-bond acceptors (Lipinski definition) is 2. The molecule has 1 saturated carbocycles. The molecule has 1 aliphatic rings. The fourth-order valence-electron chi connectivity index (χ4n) is 2.72. The van der Waals surface area contributed by atoms with Gasteiger partial charge in [-0.3, -0.25) is 0 Å². The van der Waals surface area contributed by atoms with Crippen molar-refractivity contribution in [2.24, 2.45) is 0 Å². The van der Waals surface area contributed by atoms with Crippen LogP contribution in [-0.4, -0.2) is 20.6 Å². The summed E-state index contributed by atoms with van der Waals surface area (Å²) in [5.41, 5.74) is 2.19. The molecule has 1 heterocycles. The Morgan fingerprint density at radius 1 is 1.47 bits per heavy atom.